The molecule has 2 aromatic carbocycles. The number of benzene rings is 2. The van der Waals surface area contributed by atoms with Crippen molar-refractivity contribution >= 4 is 17.5 Å². The zero-order chi connectivity index (χ0) is 23.2. The van der Waals surface area contributed by atoms with Crippen molar-refractivity contribution in [2.45, 2.75) is 25.4 Å². The molecule has 7 nitrogen and oxygen atoms in total. The lowest BCUT2D eigenvalue weighted by molar-refractivity contribution is -0.139. The number of carbonyl (C=O) groups is 2. The third-order valence-corrected chi connectivity index (χ3v) is 6.35. The molecule has 2 heterocycles. The number of hydrogen-bond acceptors (Lipinski definition) is 5. The van der Waals surface area contributed by atoms with Gasteiger partial charge in [0, 0.05) is 45.5 Å². The molecule has 0 spiro atoms. The van der Waals surface area contributed by atoms with E-state index in [1.807, 2.05) is 0 Å². The molecule has 0 saturated carbocycles. The van der Waals surface area contributed by atoms with Gasteiger partial charge in [0.15, 0.2) is 0 Å². The summed E-state index contributed by atoms with van der Waals surface area (Å²) in [4.78, 5) is 29.4. The van der Waals surface area contributed by atoms with Crippen LogP contribution < -0.4 is 15.5 Å². The van der Waals surface area contributed by atoms with Gasteiger partial charge in [-0.05, 0) is 47.7 Å². The number of halogens is 1. The summed E-state index contributed by atoms with van der Waals surface area (Å²) in [5.41, 5.74) is 4.44. The number of anilines is 1. The molecule has 4 rings (SSSR count). The molecule has 0 bridgehead atoms. The van der Waals surface area contributed by atoms with Crippen LogP contribution in [0.1, 0.15) is 29.2 Å². The molecule has 1 unspecified atom stereocenters. The minimum Gasteiger partial charge on any atom is -0.379 e. The molecule has 1 saturated heterocycles. The van der Waals surface area contributed by atoms with E-state index in [-0.39, 0.29) is 18.4 Å². The van der Waals surface area contributed by atoms with Gasteiger partial charge in [0.25, 0.3) is 0 Å². The number of ether oxygens (including phenoxy) is 1. The van der Waals surface area contributed by atoms with Crippen molar-refractivity contribution in [3.63, 3.8) is 0 Å². The normalized spacial score (nSPS) is 17.2. The van der Waals surface area contributed by atoms with E-state index >= 15 is 0 Å². The van der Waals surface area contributed by atoms with Crippen molar-refractivity contribution < 1.29 is 18.7 Å². The van der Waals surface area contributed by atoms with Crippen molar-refractivity contribution in [3.05, 3.63) is 65.0 Å². The summed E-state index contributed by atoms with van der Waals surface area (Å²) in [6.07, 6.45) is 2.17. The van der Waals surface area contributed by atoms with E-state index in [0.29, 0.717) is 19.8 Å². The van der Waals surface area contributed by atoms with Crippen LogP contribution in [-0.2, 0) is 27.3 Å². The van der Waals surface area contributed by atoms with Gasteiger partial charge in [-0.3, -0.25) is 14.5 Å². The quantitative estimate of drug-likeness (QED) is 0.654. The number of carbonyl (C=O) groups excluding carboxylic acids is 2. The first-order valence-corrected chi connectivity index (χ1v) is 11.5. The van der Waals surface area contributed by atoms with Crippen LogP contribution in [0.2, 0.25) is 0 Å². The summed E-state index contributed by atoms with van der Waals surface area (Å²) in [5, 5.41) is 5.40. The van der Waals surface area contributed by atoms with Crippen molar-refractivity contribution in [2.24, 2.45) is 0 Å². The van der Waals surface area contributed by atoms with E-state index in [9.17, 15) is 14.0 Å². The molecule has 2 N–H and O–H groups in total. The maximum Gasteiger partial charge on any atom is 0.309 e. The number of amides is 2. The van der Waals surface area contributed by atoms with Crippen LogP contribution in [-0.4, -0.2) is 63.2 Å². The minimum atomic E-state index is -0.702. The fraction of sp³-hybridized carbons (Fsp3) is 0.440. The van der Waals surface area contributed by atoms with Gasteiger partial charge in [0.05, 0.1) is 19.3 Å². The van der Waals surface area contributed by atoms with Gasteiger partial charge in [-0.1, -0.05) is 24.3 Å². The predicted molar refractivity (Wildman–Crippen MR) is 124 cm³/mol. The second-order valence-electron chi connectivity index (χ2n) is 8.60. The number of nitrogens with zero attached hydrogens (tertiary/aromatic N) is 2. The number of aryl methyl sites for hydroxylation is 1. The van der Waals surface area contributed by atoms with E-state index in [2.05, 4.69) is 45.7 Å². The van der Waals surface area contributed by atoms with E-state index in [0.717, 1.165) is 43.6 Å². The van der Waals surface area contributed by atoms with Gasteiger partial charge in [0.1, 0.15) is 5.82 Å². The number of morpholine rings is 1. The van der Waals surface area contributed by atoms with Crippen LogP contribution in [0.4, 0.5) is 10.1 Å². The Bertz CT molecular complexity index is 976. The molecule has 2 aliphatic rings. The zero-order valence-corrected chi connectivity index (χ0v) is 19.0. The minimum absolute atomic E-state index is 0.0414. The molecule has 2 aromatic rings. The Hall–Kier alpha value is -2.97. The molecular formula is C25H31FN4O3. The largest absolute Gasteiger partial charge is 0.379 e. The zero-order valence-electron chi connectivity index (χ0n) is 19.0. The monoisotopic (exact) mass is 454 g/mol. The van der Waals surface area contributed by atoms with Crippen molar-refractivity contribution in [1.29, 1.82) is 0 Å². The first kappa shape index (κ1) is 23.2. The molecule has 2 amide bonds. The molecule has 8 heteroatoms. The van der Waals surface area contributed by atoms with Crippen LogP contribution >= 0.6 is 0 Å². The maximum absolute atomic E-state index is 13.0. The van der Waals surface area contributed by atoms with Gasteiger partial charge in [-0.2, -0.15) is 0 Å². The Morgan fingerprint density at radius 2 is 1.76 bits per heavy atom. The first-order chi connectivity index (χ1) is 16.0. The molecule has 176 valence electrons. The van der Waals surface area contributed by atoms with E-state index in [1.165, 1.54) is 23.4 Å². The lowest BCUT2D eigenvalue weighted by Gasteiger charge is -2.36. The van der Waals surface area contributed by atoms with Crippen molar-refractivity contribution in [2.75, 3.05) is 51.3 Å². The Morgan fingerprint density at radius 1 is 1.03 bits per heavy atom. The van der Waals surface area contributed by atoms with Crippen LogP contribution in [0, 0.1) is 5.82 Å². The summed E-state index contributed by atoms with van der Waals surface area (Å²) in [6, 6.07) is 12.3. The molecule has 0 aliphatic carbocycles. The van der Waals surface area contributed by atoms with E-state index < -0.39 is 11.8 Å². The van der Waals surface area contributed by atoms with Gasteiger partial charge >= 0.3 is 11.8 Å². The molecular weight excluding hydrogens is 423 g/mol. The highest BCUT2D eigenvalue weighted by Crippen LogP contribution is 2.30. The van der Waals surface area contributed by atoms with Crippen LogP contribution in [0.25, 0.3) is 0 Å². The highest BCUT2D eigenvalue weighted by molar-refractivity contribution is 6.35. The standard InChI is InChI=1S/C25H31FN4O3/c1-29-10-2-3-19-15-20(6-9-22(19)29)23(30-11-13-33-14-12-30)17-28-25(32)24(31)27-16-18-4-7-21(26)8-5-18/h4-9,15,23H,2-3,10-14,16-17H2,1H3,(H,27,31)(H,28,32). The topological polar surface area (TPSA) is 73.9 Å². The number of fused-ring (bicyclic) bond motifs is 1. The average molecular weight is 455 g/mol. The second kappa shape index (κ2) is 10.8. The van der Waals surface area contributed by atoms with E-state index in [4.69, 9.17) is 4.74 Å². The molecule has 0 radical (unpaired) electrons. The maximum atomic E-state index is 13.0. The predicted octanol–water partition coefficient (Wildman–Crippen LogP) is 2.01. The number of hydrogen-bond donors (Lipinski definition) is 2. The summed E-state index contributed by atoms with van der Waals surface area (Å²) in [7, 11) is 2.11. The van der Waals surface area contributed by atoms with Crippen molar-refractivity contribution in [3.8, 4) is 0 Å². The Labute approximate surface area is 193 Å². The smallest absolute Gasteiger partial charge is 0.309 e. The Kier molecular flexibility index (Phi) is 7.57. The second-order valence-corrected chi connectivity index (χ2v) is 8.60. The fourth-order valence-corrected chi connectivity index (χ4v) is 4.49. The van der Waals surface area contributed by atoms with Crippen LogP contribution in [0.15, 0.2) is 42.5 Å². The summed E-state index contributed by atoms with van der Waals surface area (Å²) in [6.45, 7) is 4.40. The third kappa shape index (κ3) is 5.89. The lowest BCUT2D eigenvalue weighted by atomic mass is 9.95. The molecule has 1 fully saturated rings. The van der Waals surface area contributed by atoms with Crippen LogP contribution in [0.5, 0.6) is 0 Å². The fourth-order valence-electron chi connectivity index (χ4n) is 4.49. The van der Waals surface area contributed by atoms with Gasteiger partial charge in [-0.25, -0.2) is 4.39 Å². The summed E-state index contributed by atoms with van der Waals surface area (Å²) >= 11 is 0. The number of nitrogens with one attached hydrogen (secondary N) is 2. The third-order valence-electron chi connectivity index (χ3n) is 6.35. The first-order valence-electron chi connectivity index (χ1n) is 11.5. The molecule has 1 atom stereocenters. The highest BCUT2D eigenvalue weighted by Gasteiger charge is 2.26. The van der Waals surface area contributed by atoms with Crippen molar-refractivity contribution in [1.82, 2.24) is 15.5 Å². The average Bonchev–Trinajstić information content (AvgIpc) is 2.84. The van der Waals surface area contributed by atoms with E-state index in [1.54, 1.807) is 12.1 Å². The highest BCUT2D eigenvalue weighted by atomic mass is 19.1. The molecule has 2 aliphatic heterocycles. The summed E-state index contributed by atoms with van der Waals surface area (Å²) in [5.74, 6) is -1.72. The lowest BCUT2D eigenvalue weighted by Crippen LogP contribution is -2.46. The van der Waals surface area contributed by atoms with Gasteiger partial charge < -0.3 is 20.3 Å². The number of rotatable bonds is 6. The van der Waals surface area contributed by atoms with Crippen LogP contribution in [0.3, 0.4) is 0 Å². The molecule has 0 aromatic heterocycles. The van der Waals surface area contributed by atoms with Gasteiger partial charge in [-0.15, -0.1) is 0 Å². The summed E-state index contributed by atoms with van der Waals surface area (Å²) < 4.78 is 18.5. The molecule has 33 heavy (non-hydrogen) atoms. The Balaban J connectivity index is 1.40. The Morgan fingerprint density at radius 3 is 2.52 bits per heavy atom. The SMILES string of the molecule is CN1CCCc2cc(C(CNC(=O)C(=O)NCc3ccc(F)cc3)N3CCOCC3)ccc21. The van der Waals surface area contributed by atoms with Gasteiger partial charge in [0.2, 0.25) is 0 Å².